The Morgan fingerprint density at radius 2 is 1.93 bits per heavy atom. The molecule has 30 heavy (non-hydrogen) atoms. The van der Waals surface area contributed by atoms with Crippen molar-refractivity contribution >= 4 is 28.3 Å². The monoisotopic (exact) mass is 437 g/mol. The number of nitrogens with zero attached hydrogens (tertiary/aromatic N) is 2. The minimum atomic E-state index is -0.553. The Bertz CT molecular complexity index is 752. The number of ether oxygens (including phenoxy) is 1. The second kappa shape index (κ2) is 10.1. The quantitative estimate of drug-likeness (QED) is 0.638. The zero-order valence-corrected chi connectivity index (χ0v) is 20.7. The predicted molar refractivity (Wildman–Crippen MR) is 124 cm³/mol. The Morgan fingerprint density at radius 3 is 2.50 bits per heavy atom. The van der Waals surface area contributed by atoms with E-state index in [0.29, 0.717) is 12.6 Å². The van der Waals surface area contributed by atoms with E-state index in [4.69, 9.17) is 4.74 Å². The predicted octanol–water partition coefficient (Wildman–Crippen LogP) is 5.19. The van der Waals surface area contributed by atoms with Gasteiger partial charge in [-0.1, -0.05) is 6.92 Å². The van der Waals surface area contributed by atoms with Crippen molar-refractivity contribution in [2.75, 3.05) is 18.4 Å². The van der Waals surface area contributed by atoms with Crippen molar-refractivity contribution in [3.8, 4) is 0 Å². The highest BCUT2D eigenvalue weighted by atomic mass is 32.1. The molecular formula is C23H39N3O3S. The van der Waals surface area contributed by atoms with Gasteiger partial charge in [0.25, 0.3) is 0 Å². The summed E-state index contributed by atoms with van der Waals surface area (Å²) in [6, 6.07) is 0.545. The van der Waals surface area contributed by atoms with Crippen LogP contribution in [0.3, 0.4) is 0 Å². The molecule has 0 aromatic carbocycles. The zero-order valence-electron chi connectivity index (χ0n) is 19.9. The highest BCUT2D eigenvalue weighted by molar-refractivity contribution is 7.16. The number of anilines is 1. The number of hydrogen-bond donors (Lipinski definition) is 1. The summed E-state index contributed by atoms with van der Waals surface area (Å²) in [7, 11) is 0. The third kappa shape index (κ3) is 6.45. The van der Waals surface area contributed by atoms with Crippen LogP contribution in [0, 0.1) is 6.92 Å². The van der Waals surface area contributed by atoms with E-state index >= 15 is 0 Å². The highest BCUT2D eigenvalue weighted by Crippen LogP contribution is 2.37. The van der Waals surface area contributed by atoms with Crippen LogP contribution in [0.5, 0.6) is 0 Å². The molecule has 1 N–H and O–H groups in total. The van der Waals surface area contributed by atoms with E-state index in [-0.39, 0.29) is 24.5 Å². The molecule has 0 fully saturated rings. The molecular weight excluding hydrogens is 398 g/mol. The smallest absolute Gasteiger partial charge is 0.410 e. The van der Waals surface area contributed by atoms with Gasteiger partial charge in [-0.25, -0.2) is 4.79 Å². The average Bonchev–Trinajstić information content (AvgIpc) is 2.95. The largest absolute Gasteiger partial charge is 0.444 e. The van der Waals surface area contributed by atoms with Gasteiger partial charge in [0.15, 0.2) is 0 Å². The summed E-state index contributed by atoms with van der Waals surface area (Å²) in [6.45, 7) is 18.5. The molecule has 2 heterocycles. The first kappa shape index (κ1) is 24.7. The SMILES string of the molecule is CCC(C)N(CCC(=O)Nc1sc2c(c1C)CCN(C(C)C)C2)C(=O)OC(C)(C)C. The third-order valence-electron chi connectivity index (χ3n) is 5.66. The summed E-state index contributed by atoms with van der Waals surface area (Å²) in [4.78, 5) is 30.7. The molecule has 0 aliphatic carbocycles. The Hall–Kier alpha value is -1.60. The lowest BCUT2D eigenvalue weighted by Gasteiger charge is -2.31. The molecule has 1 aromatic heterocycles. The van der Waals surface area contributed by atoms with Crippen LogP contribution in [0.25, 0.3) is 0 Å². The van der Waals surface area contributed by atoms with Crippen LogP contribution < -0.4 is 5.32 Å². The van der Waals surface area contributed by atoms with Crippen molar-refractivity contribution in [1.29, 1.82) is 0 Å². The van der Waals surface area contributed by atoms with Crippen LogP contribution in [0.15, 0.2) is 0 Å². The molecule has 0 radical (unpaired) electrons. The van der Waals surface area contributed by atoms with Crippen molar-refractivity contribution in [2.45, 2.75) is 98.9 Å². The topological polar surface area (TPSA) is 61.9 Å². The van der Waals surface area contributed by atoms with Crippen molar-refractivity contribution < 1.29 is 14.3 Å². The minimum Gasteiger partial charge on any atom is -0.444 e. The Balaban J connectivity index is 2.00. The van der Waals surface area contributed by atoms with Crippen LogP contribution in [0.4, 0.5) is 9.80 Å². The lowest BCUT2D eigenvalue weighted by atomic mass is 10.0. The van der Waals surface area contributed by atoms with E-state index in [1.807, 2.05) is 34.6 Å². The lowest BCUT2D eigenvalue weighted by molar-refractivity contribution is -0.116. The number of rotatable bonds is 7. The second-order valence-corrected chi connectivity index (χ2v) is 10.6. The van der Waals surface area contributed by atoms with E-state index in [9.17, 15) is 9.59 Å². The fourth-order valence-electron chi connectivity index (χ4n) is 3.58. The number of carbonyl (C=O) groups is 2. The van der Waals surface area contributed by atoms with Crippen LogP contribution in [-0.4, -0.2) is 52.6 Å². The van der Waals surface area contributed by atoms with Crippen LogP contribution in [0.1, 0.15) is 77.3 Å². The van der Waals surface area contributed by atoms with Gasteiger partial charge < -0.3 is 15.0 Å². The Labute approximate surface area is 186 Å². The van der Waals surface area contributed by atoms with Gasteiger partial charge in [0.1, 0.15) is 5.60 Å². The van der Waals surface area contributed by atoms with E-state index < -0.39 is 5.60 Å². The zero-order chi connectivity index (χ0) is 22.6. The summed E-state index contributed by atoms with van der Waals surface area (Å²) in [5, 5.41) is 4.04. The maximum absolute atomic E-state index is 12.7. The maximum atomic E-state index is 12.7. The van der Waals surface area contributed by atoms with Crippen LogP contribution in [0.2, 0.25) is 0 Å². The molecule has 0 saturated carbocycles. The van der Waals surface area contributed by atoms with Gasteiger partial charge >= 0.3 is 6.09 Å². The lowest BCUT2D eigenvalue weighted by Crippen LogP contribution is -2.43. The van der Waals surface area contributed by atoms with Crippen molar-refractivity contribution in [2.24, 2.45) is 0 Å². The van der Waals surface area contributed by atoms with Gasteiger partial charge in [0, 0.05) is 43.0 Å². The fourth-order valence-corrected chi connectivity index (χ4v) is 4.88. The first-order valence-electron chi connectivity index (χ1n) is 11.1. The summed E-state index contributed by atoms with van der Waals surface area (Å²) in [5.74, 6) is -0.0609. The number of hydrogen-bond acceptors (Lipinski definition) is 5. The molecule has 1 unspecified atom stereocenters. The molecule has 6 nitrogen and oxygen atoms in total. The molecule has 0 spiro atoms. The summed E-state index contributed by atoms with van der Waals surface area (Å²) in [6.07, 6.45) is 1.74. The molecule has 1 aliphatic rings. The number of nitrogens with one attached hydrogen (secondary N) is 1. The number of fused-ring (bicyclic) bond motifs is 1. The first-order chi connectivity index (χ1) is 13.9. The fraction of sp³-hybridized carbons (Fsp3) is 0.739. The minimum absolute atomic E-state index is 0.0189. The van der Waals surface area contributed by atoms with Gasteiger partial charge in [0.05, 0.1) is 5.00 Å². The molecule has 170 valence electrons. The van der Waals surface area contributed by atoms with Crippen LogP contribution in [-0.2, 0) is 22.5 Å². The second-order valence-electron chi connectivity index (χ2n) is 9.50. The van der Waals surface area contributed by atoms with E-state index in [1.54, 1.807) is 16.2 Å². The maximum Gasteiger partial charge on any atom is 0.410 e. The van der Waals surface area contributed by atoms with Crippen molar-refractivity contribution in [3.63, 3.8) is 0 Å². The number of carbonyl (C=O) groups excluding carboxylic acids is 2. The highest BCUT2D eigenvalue weighted by Gasteiger charge is 2.27. The Morgan fingerprint density at radius 1 is 1.27 bits per heavy atom. The molecule has 7 heteroatoms. The van der Waals surface area contributed by atoms with Crippen LogP contribution >= 0.6 is 11.3 Å². The van der Waals surface area contributed by atoms with E-state index in [1.165, 1.54) is 16.0 Å². The molecule has 2 rings (SSSR count). The molecule has 0 saturated heterocycles. The molecule has 1 atom stereocenters. The molecule has 0 bridgehead atoms. The molecule has 1 aliphatic heterocycles. The van der Waals surface area contributed by atoms with E-state index in [0.717, 1.165) is 30.9 Å². The average molecular weight is 438 g/mol. The number of thiophene rings is 1. The summed E-state index contributed by atoms with van der Waals surface area (Å²) >= 11 is 1.69. The van der Waals surface area contributed by atoms with Gasteiger partial charge in [-0.2, -0.15) is 0 Å². The van der Waals surface area contributed by atoms with Gasteiger partial charge in [-0.15, -0.1) is 11.3 Å². The normalized spacial score (nSPS) is 15.6. The molecule has 2 amide bonds. The van der Waals surface area contributed by atoms with E-state index in [2.05, 4.69) is 31.0 Å². The summed E-state index contributed by atoms with van der Waals surface area (Å²) < 4.78 is 5.53. The van der Waals surface area contributed by atoms with Crippen molar-refractivity contribution in [3.05, 3.63) is 16.0 Å². The summed E-state index contributed by atoms with van der Waals surface area (Å²) in [5.41, 5.74) is 2.03. The van der Waals surface area contributed by atoms with Gasteiger partial charge in [-0.3, -0.25) is 9.69 Å². The molecule has 1 aromatic rings. The number of amides is 2. The van der Waals surface area contributed by atoms with Gasteiger partial charge in [0.2, 0.25) is 5.91 Å². The Kier molecular flexibility index (Phi) is 8.34. The van der Waals surface area contributed by atoms with Crippen molar-refractivity contribution in [1.82, 2.24) is 9.80 Å². The first-order valence-corrected chi connectivity index (χ1v) is 11.9. The third-order valence-corrected chi connectivity index (χ3v) is 6.90. The van der Waals surface area contributed by atoms with Gasteiger partial charge in [-0.05, 0) is 72.4 Å². The standard InChI is InChI=1S/C23H39N3O3S/c1-9-16(4)26(22(28)29-23(6,7)8)13-11-20(27)24-21-17(5)18-10-12-25(15(2)3)14-19(18)30-21/h15-16H,9-14H2,1-8H3,(H,24,27).